The molecular weight excluding hydrogens is 258 g/mol. The molecule has 1 aromatic heterocycles. The first-order valence-corrected chi connectivity index (χ1v) is 6.43. The second kappa shape index (κ2) is 5.34. The average Bonchev–Trinajstić information content (AvgIpc) is 2.94. The SMILES string of the molecule is O=C(c1cn[nH]c1)N1CCOc2ccccc2C1CO. The van der Waals surface area contributed by atoms with Crippen molar-refractivity contribution in [2.75, 3.05) is 19.8 Å². The Morgan fingerprint density at radius 1 is 1.50 bits per heavy atom. The van der Waals surface area contributed by atoms with Gasteiger partial charge < -0.3 is 14.7 Å². The second-order valence-corrected chi connectivity index (χ2v) is 4.57. The highest BCUT2D eigenvalue weighted by Gasteiger charge is 2.30. The van der Waals surface area contributed by atoms with Crippen molar-refractivity contribution in [3.63, 3.8) is 0 Å². The largest absolute Gasteiger partial charge is 0.491 e. The maximum Gasteiger partial charge on any atom is 0.257 e. The number of carbonyl (C=O) groups excluding carboxylic acids is 1. The first-order valence-electron chi connectivity index (χ1n) is 6.43. The van der Waals surface area contributed by atoms with E-state index in [2.05, 4.69) is 10.2 Å². The molecule has 2 N–H and O–H groups in total. The maximum atomic E-state index is 12.5. The van der Waals surface area contributed by atoms with Crippen LogP contribution in [0.5, 0.6) is 5.75 Å². The van der Waals surface area contributed by atoms with Crippen molar-refractivity contribution in [1.82, 2.24) is 15.1 Å². The lowest BCUT2D eigenvalue weighted by Gasteiger charge is -2.28. The van der Waals surface area contributed by atoms with Gasteiger partial charge in [-0.05, 0) is 6.07 Å². The predicted molar refractivity (Wildman–Crippen MR) is 71.4 cm³/mol. The van der Waals surface area contributed by atoms with Crippen LogP contribution in [0.2, 0.25) is 0 Å². The Labute approximate surface area is 116 Å². The zero-order chi connectivity index (χ0) is 13.9. The smallest absolute Gasteiger partial charge is 0.257 e. The van der Waals surface area contributed by atoms with E-state index in [-0.39, 0.29) is 12.5 Å². The summed E-state index contributed by atoms with van der Waals surface area (Å²) in [5.74, 6) is 0.548. The zero-order valence-corrected chi connectivity index (χ0v) is 10.8. The Morgan fingerprint density at radius 2 is 2.35 bits per heavy atom. The summed E-state index contributed by atoms with van der Waals surface area (Å²) in [5, 5.41) is 16.1. The van der Waals surface area contributed by atoms with E-state index in [9.17, 15) is 9.90 Å². The number of hydrogen-bond donors (Lipinski definition) is 2. The number of nitrogens with one attached hydrogen (secondary N) is 1. The van der Waals surface area contributed by atoms with Gasteiger partial charge in [0.1, 0.15) is 12.4 Å². The highest BCUT2D eigenvalue weighted by Crippen LogP contribution is 2.32. The van der Waals surface area contributed by atoms with Crippen molar-refractivity contribution in [1.29, 1.82) is 0 Å². The molecule has 0 fully saturated rings. The van der Waals surface area contributed by atoms with E-state index in [0.29, 0.717) is 24.5 Å². The molecule has 0 saturated carbocycles. The van der Waals surface area contributed by atoms with Crippen molar-refractivity contribution in [2.45, 2.75) is 6.04 Å². The number of hydrogen-bond acceptors (Lipinski definition) is 4. The number of aliphatic hydroxyl groups is 1. The minimum atomic E-state index is -0.406. The fourth-order valence-electron chi connectivity index (χ4n) is 2.44. The molecule has 0 spiro atoms. The Hall–Kier alpha value is -2.34. The van der Waals surface area contributed by atoms with Crippen LogP contribution in [0, 0.1) is 0 Å². The molecule has 6 nitrogen and oxygen atoms in total. The van der Waals surface area contributed by atoms with E-state index < -0.39 is 6.04 Å². The quantitative estimate of drug-likeness (QED) is 0.855. The van der Waals surface area contributed by atoms with Crippen LogP contribution >= 0.6 is 0 Å². The van der Waals surface area contributed by atoms with Crippen LogP contribution in [-0.2, 0) is 0 Å². The molecule has 104 valence electrons. The molecular formula is C14H15N3O3. The molecule has 1 aromatic carbocycles. The molecule has 1 aliphatic rings. The minimum absolute atomic E-state index is 0.149. The van der Waals surface area contributed by atoms with Gasteiger partial charge in [0.2, 0.25) is 0 Å². The number of carbonyl (C=O) groups is 1. The van der Waals surface area contributed by atoms with Crippen LogP contribution in [0.3, 0.4) is 0 Å². The number of amides is 1. The van der Waals surface area contributed by atoms with Gasteiger partial charge in [0.25, 0.3) is 5.91 Å². The average molecular weight is 273 g/mol. The Balaban J connectivity index is 1.97. The number of ether oxygens (including phenoxy) is 1. The van der Waals surface area contributed by atoms with Crippen molar-refractivity contribution in [3.8, 4) is 5.75 Å². The molecule has 0 bridgehead atoms. The highest BCUT2D eigenvalue weighted by atomic mass is 16.5. The lowest BCUT2D eigenvalue weighted by atomic mass is 10.0. The fourth-order valence-corrected chi connectivity index (χ4v) is 2.44. The van der Waals surface area contributed by atoms with Gasteiger partial charge in [-0.3, -0.25) is 9.89 Å². The monoisotopic (exact) mass is 273 g/mol. The van der Waals surface area contributed by atoms with E-state index in [1.807, 2.05) is 24.3 Å². The first kappa shape index (κ1) is 12.7. The summed E-state index contributed by atoms with van der Waals surface area (Å²) in [7, 11) is 0. The number of fused-ring (bicyclic) bond motifs is 1. The third-order valence-corrected chi connectivity index (χ3v) is 3.42. The third-order valence-electron chi connectivity index (χ3n) is 3.42. The second-order valence-electron chi connectivity index (χ2n) is 4.57. The van der Waals surface area contributed by atoms with Gasteiger partial charge in [0.05, 0.1) is 31.0 Å². The Bertz CT molecular complexity index is 597. The number of aliphatic hydroxyl groups excluding tert-OH is 1. The molecule has 1 atom stereocenters. The molecule has 1 unspecified atom stereocenters. The Kier molecular flexibility index (Phi) is 3.39. The molecule has 0 radical (unpaired) electrons. The molecule has 20 heavy (non-hydrogen) atoms. The Morgan fingerprint density at radius 3 is 3.10 bits per heavy atom. The number of rotatable bonds is 2. The van der Waals surface area contributed by atoms with Gasteiger partial charge in [0.15, 0.2) is 0 Å². The maximum absolute atomic E-state index is 12.5. The number of nitrogens with zero attached hydrogens (tertiary/aromatic N) is 2. The minimum Gasteiger partial charge on any atom is -0.491 e. The summed E-state index contributed by atoms with van der Waals surface area (Å²) >= 11 is 0. The summed E-state index contributed by atoms with van der Waals surface area (Å²) in [6.07, 6.45) is 3.03. The molecule has 2 aromatic rings. The van der Waals surface area contributed by atoms with E-state index in [1.165, 1.54) is 6.20 Å². The normalized spacial score (nSPS) is 18.1. The summed E-state index contributed by atoms with van der Waals surface area (Å²) in [4.78, 5) is 14.1. The molecule has 2 heterocycles. The van der Waals surface area contributed by atoms with Crippen LogP contribution in [0.1, 0.15) is 22.0 Å². The molecule has 0 saturated heterocycles. The first-order chi connectivity index (χ1) is 9.81. The van der Waals surface area contributed by atoms with E-state index >= 15 is 0 Å². The molecule has 0 aliphatic carbocycles. The van der Waals surface area contributed by atoms with Crippen LogP contribution in [-0.4, -0.2) is 45.9 Å². The van der Waals surface area contributed by atoms with Gasteiger partial charge in [-0.15, -0.1) is 0 Å². The van der Waals surface area contributed by atoms with Gasteiger partial charge in [-0.1, -0.05) is 18.2 Å². The topological polar surface area (TPSA) is 78.5 Å². The van der Waals surface area contributed by atoms with Gasteiger partial charge >= 0.3 is 0 Å². The van der Waals surface area contributed by atoms with Crippen LogP contribution in [0.15, 0.2) is 36.7 Å². The third kappa shape index (κ3) is 2.14. The number of aromatic nitrogens is 2. The molecule has 1 amide bonds. The van der Waals surface area contributed by atoms with Gasteiger partial charge in [0, 0.05) is 11.8 Å². The van der Waals surface area contributed by atoms with Crippen molar-refractivity contribution < 1.29 is 14.6 Å². The molecule has 3 rings (SSSR count). The number of aromatic amines is 1. The summed E-state index contributed by atoms with van der Waals surface area (Å²) in [6, 6.07) is 7.06. The zero-order valence-electron chi connectivity index (χ0n) is 10.8. The summed E-state index contributed by atoms with van der Waals surface area (Å²) in [5.41, 5.74) is 1.30. The van der Waals surface area contributed by atoms with E-state index in [1.54, 1.807) is 11.1 Å². The van der Waals surface area contributed by atoms with Crippen LogP contribution in [0.25, 0.3) is 0 Å². The molecule has 6 heteroatoms. The van der Waals surface area contributed by atoms with Crippen LogP contribution in [0.4, 0.5) is 0 Å². The van der Waals surface area contributed by atoms with E-state index in [0.717, 1.165) is 5.56 Å². The van der Waals surface area contributed by atoms with Crippen LogP contribution < -0.4 is 4.74 Å². The number of para-hydroxylation sites is 1. The highest BCUT2D eigenvalue weighted by molar-refractivity contribution is 5.94. The van der Waals surface area contributed by atoms with E-state index in [4.69, 9.17) is 4.74 Å². The van der Waals surface area contributed by atoms with Gasteiger partial charge in [-0.25, -0.2) is 0 Å². The fraction of sp³-hybridized carbons (Fsp3) is 0.286. The van der Waals surface area contributed by atoms with Crippen molar-refractivity contribution in [2.24, 2.45) is 0 Å². The predicted octanol–water partition coefficient (Wildman–Crippen LogP) is 0.978. The number of H-pyrrole nitrogens is 1. The standard InChI is InChI=1S/C14H15N3O3/c18-9-12-11-3-1-2-4-13(11)20-6-5-17(12)14(19)10-7-15-16-8-10/h1-4,7-8,12,18H,5-6,9H2,(H,15,16). The van der Waals surface area contributed by atoms with Gasteiger partial charge in [-0.2, -0.15) is 5.10 Å². The number of benzene rings is 1. The van der Waals surface area contributed by atoms with Crippen molar-refractivity contribution >= 4 is 5.91 Å². The lowest BCUT2D eigenvalue weighted by molar-refractivity contribution is 0.0585. The summed E-state index contributed by atoms with van der Waals surface area (Å²) < 4.78 is 5.65. The lowest BCUT2D eigenvalue weighted by Crippen LogP contribution is -2.37. The molecule has 1 aliphatic heterocycles. The van der Waals surface area contributed by atoms with Crippen molar-refractivity contribution in [3.05, 3.63) is 47.8 Å². The summed E-state index contributed by atoms with van der Waals surface area (Å²) in [6.45, 7) is 0.672.